The molecule has 4 aliphatic heterocycles. The van der Waals surface area contributed by atoms with Crippen LogP contribution in [-0.4, -0.2) is 218 Å². The fraction of sp³-hybridized carbons (Fsp3) is 0.474. The lowest BCUT2D eigenvalue weighted by atomic mass is 9.79. The molecule has 7 aromatic rings. The first-order valence-electron chi connectivity index (χ1n) is 37.0. The minimum Gasteiger partial charge on any atom is -0.476 e. The summed E-state index contributed by atoms with van der Waals surface area (Å²) >= 11 is 7.86. The van der Waals surface area contributed by atoms with E-state index in [-0.39, 0.29) is 61.8 Å². The molecule has 6 N–H and O–H groups in total. The number of carbonyl (C=O) groups is 5. The Bertz CT molecular complexity index is 4570. The van der Waals surface area contributed by atoms with Crippen LogP contribution in [0.1, 0.15) is 119 Å². The van der Waals surface area contributed by atoms with E-state index in [0.717, 1.165) is 77.7 Å². The van der Waals surface area contributed by atoms with Gasteiger partial charge in [-0.25, -0.2) is 18.1 Å². The Hall–Kier alpha value is -9.07. The number of H-pyrrole nitrogens is 1. The molecule has 0 saturated carbocycles. The number of ether oxygens (including phenoxy) is 3. The number of carbonyl (C=O) groups excluding carboxylic acids is 5. The van der Waals surface area contributed by atoms with E-state index in [0.29, 0.717) is 106 Å². The van der Waals surface area contributed by atoms with Gasteiger partial charge in [-0.3, -0.25) is 43.9 Å². The van der Waals surface area contributed by atoms with Gasteiger partial charge in [-0.15, -0.1) is 11.3 Å². The Morgan fingerprint density at radius 3 is 2.33 bits per heavy atom. The van der Waals surface area contributed by atoms with Gasteiger partial charge < -0.3 is 59.9 Å². The Labute approximate surface area is 638 Å². The van der Waals surface area contributed by atoms with Crippen molar-refractivity contribution in [1.29, 1.82) is 0 Å². The van der Waals surface area contributed by atoms with Crippen molar-refractivity contribution in [3.05, 3.63) is 152 Å². The highest BCUT2D eigenvalue weighted by Gasteiger charge is 2.45. The fourth-order valence-electron chi connectivity index (χ4n) is 14.9. The maximum Gasteiger partial charge on any atom is 0.293 e. The smallest absolute Gasteiger partial charge is 0.293 e. The standard InChI is InChI=1S/C78H97ClN14O13S2/c1-50(52-10-12-54(13-11-52)70-51(2)82-49-107-70)83-74(98)66-44-59(94)48-92(66)76(99)71(77(3,4)5)84-68(95)24-40-105-41-25-69(96)90-37-31-87(32-38-90)29-8-27-80-63-21-19-60(45-65(63)93(100)101)108(102,103)86-73(97)62-20-18-58(43-64(62)91-30-9-39-106-75-67(91)42-55-23-28-81-72(55)85-75)89-35-33-88(34-36-89)47-56-46-78(6,104-7)26-22-61(56)53-14-16-57(79)17-15-53/h10-21,23,28,42-43,45,49-50,59,66,71,80,94H,8-9,22,24-27,29-41,44,46-48H2,1-7H3,(H,81,85)(H,83,98)(H,84,95)(H,86,97)/t50-,59+,66-,71+,78?/m0/s1. The number of hydrogen-bond donors (Lipinski definition) is 6. The van der Waals surface area contributed by atoms with Crippen LogP contribution < -0.4 is 35.2 Å². The summed E-state index contributed by atoms with van der Waals surface area (Å²) in [5.41, 5.74) is 9.61. The normalized spacial score (nSPS) is 19.5. The number of nitrogens with one attached hydrogen (secondary N) is 5. The molecule has 3 aromatic heterocycles. The van der Waals surface area contributed by atoms with Crippen LogP contribution in [0.25, 0.3) is 27.0 Å². The summed E-state index contributed by atoms with van der Waals surface area (Å²) in [5.74, 6) is -2.01. The maximum absolute atomic E-state index is 14.7. The van der Waals surface area contributed by atoms with E-state index in [9.17, 15) is 47.6 Å². The molecule has 7 heterocycles. The number of rotatable bonds is 27. The zero-order chi connectivity index (χ0) is 76.6. The van der Waals surface area contributed by atoms with Crippen LogP contribution in [0.2, 0.25) is 5.02 Å². The predicted octanol–water partition coefficient (Wildman–Crippen LogP) is 9.87. The Kier molecular flexibility index (Phi) is 24.9. The van der Waals surface area contributed by atoms with Crippen molar-refractivity contribution in [2.75, 3.05) is 127 Å². The lowest BCUT2D eigenvalue weighted by molar-refractivity contribution is -0.384. The molecule has 5 aliphatic rings. The number of aryl methyl sites for hydroxylation is 1. The Morgan fingerprint density at radius 2 is 1.62 bits per heavy atom. The number of anilines is 4. The summed E-state index contributed by atoms with van der Waals surface area (Å²) in [4.78, 5) is 106. The second-order valence-electron chi connectivity index (χ2n) is 29.8. The maximum atomic E-state index is 14.7. The van der Waals surface area contributed by atoms with Gasteiger partial charge in [-0.2, -0.15) is 4.98 Å². The number of aliphatic hydroxyl groups excluding tert-OH is 1. The number of methoxy groups -OCH3 is 1. The number of amides is 5. The molecular formula is C78H97ClN14O13S2. The van der Waals surface area contributed by atoms with Crippen LogP contribution in [0.4, 0.5) is 28.4 Å². The number of sulfonamides is 1. The van der Waals surface area contributed by atoms with Crippen LogP contribution in [0.5, 0.6) is 5.88 Å². The monoisotopic (exact) mass is 1540 g/mol. The number of benzene rings is 4. The zero-order valence-corrected chi connectivity index (χ0v) is 64.6. The van der Waals surface area contributed by atoms with Gasteiger partial charge in [0, 0.05) is 127 Å². The van der Waals surface area contributed by atoms with E-state index < -0.39 is 78.8 Å². The number of hydrogen-bond acceptors (Lipinski definition) is 21. The molecule has 3 saturated heterocycles. The van der Waals surface area contributed by atoms with Crippen LogP contribution >= 0.6 is 22.9 Å². The van der Waals surface area contributed by atoms with Crippen LogP contribution in [-0.2, 0) is 38.7 Å². The number of nitrogens with zero attached hydrogens (tertiary/aromatic N) is 9. The van der Waals surface area contributed by atoms with Gasteiger partial charge in [0.25, 0.3) is 21.6 Å². The third kappa shape index (κ3) is 18.8. The molecule has 30 heteroatoms. The SMILES string of the molecule is COC1(C)CCC(c2ccc(Cl)cc2)=C(CN2CCN(c3ccc(C(=O)NS(=O)(=O)c4ccc(NCCCN5CCN(C(=O)CCOCCC(=O)N[C@H](C(=O)N6C[C@H](O)C[C@H]6C(=O)N[C@@H](C)c6ccc(-c7scnc7C)cc6)C(C)(C)C)CC5)c([N+](=O)[O-])c4)c(N4CCCOc5nc6[nH]ccc6cc54)c3)CC2)C1. The first-order valence-corrected chi connectivity index (χ1v) is 39.7. The number of aliphatic hydroxyl groups is 1. The molecule has 0 bridgehead atoms. The first kappa shape index (κ1) is 78.5. The molecule has 0 spiro atoms. The number of aromatic nitrogens is 3. The molecule has 1 aliphatic carbocycles. The summed E-state index contributed by atoms with van der Waals surface area (Å²) in [6.07, 6.45) is 4.65. The summed E-state index contributed by atoms with van der Waals surface area (Å²) in [6.45, 7) is 18.9. The molecule has 27 nitrogen and oxygen atoms in total. The lowest BCUT2D eigenvalue weighted by Crippen LogP contribution is -2.58. The molecule has 576 valence electrons. The number of pyridine rings is 1. The largest absolute Gasteiger partial charge is 0.476 e. The number of halogens is 1. The average Bonchev–Trinajstić information content (AvgIpc) is 1.35. The van der Waals surface area contributed by atoms with E-state index in [1.54, 1.807) is 41.1 Å². The molecule has 5 amide bonds. The lowest BCUT2D eigenvalue weighted by Gasteiger charge is -2.40. The van der Waals surface area contributed by atoms with Crippen molar-refractivity contribution in [1.82, 2.24) is 49.9 Å². The van der Waals surface area contributed by atoms with Gasteiger partial charge in [0.1, 0.15) is 29.1 Å². The molecular weight excluding hydrogens is 1440 g/mol. The molecule has 3 fully saturated rings. The van der Waals surface area contributed by atoms with E-state index in [1.165, 1.54) is 33.7 Å². The molecule has 108 heavy (non-hydrogen) atoms. The van der Waals surface area contributed by atoms with Gasteiger partial charge >= 0.3 is 0 Å². The van der Waals surface area contributed by atoms with Crippen LogP contribution in [0.3, 0.4) is 0 Å². The quantitative estimate of drug-likeness (QED) is 0.0158. The highest BCUT2D eigenvalue weighted by Crippen LogP contribution is 2.43. The second kappa shape index (κ2) is 34.2. The van der Waals surface area contributed by atoms with E-state index in [1.807, 2.05) is 100 Å². The molecule has 5 atom stereocenters. The van der Waals surface area contributed by atoms with Crippen molar-refractivity contribution in [3.63, 3.8) is 0 Å². The van der Waals surface area contributed by atoms with Crippen molar-refractivity contribution in [2.24, 2.45) is 5.41 Å². The number of allylic oxidation sites excluding steroid dienone is 1. The van der Waals surface area contributed by atoms with Crippen molar-refractivity contribution < 1.29 is 56.6 Å². The van der Waals surface area contributed by atoms with Crippen LogP contribution in [0, 0.1) is 22.5 Å². The predicted molar refractivity (Wildman–Crippen MR) is 416 cm³/mol. The van der Waals surface area contributed by atoms with Gasteiger partial charge in [0.05, 0.1) is 81.1 Å². The van der Waals surface area contributed by atoms with Crippen LogP contribution in [0.15, 0.2) is 119 Å². The molecule has 1 unspecified atom stereocenters. The Morgan fingerprint density at radius 1 is 0.889 bits per heavy atom. The van der Waals surface area contributed by atoms with Gasteiger partial charge in [-0.1, -0.05) is 68.8 Å². The van der Waals surface area contributed by atoms with Crippen molar-refractivity contribution in [3.8, 4) is 16.3 Å². The van der Waals surface area contributed by atoms with Gasteiger partial charge in [0.2, 0.25) is 29.5 Å². The number of nitro benzene ring substituents is 1. The summed E-state index contributed by atoms with van der Waals surface area (Å²) < 4.78 is 48.8. The second-order valence-corrected chi connectivity index (χ2v) is 32.8. The first-order chi connectivity index (χ1) is 51.7. The third-order valence-corrected chi connectivity index (χ3v) is 23.8. The van der Waals surface area contributed by atoms with E-state index in [2.05, 4.69) is 64.4 Å². The number of aromatic amines is 1. The molecule has 4 aromatic carbocycles. The number of thiazole rings is 1. The van der Waals surface area contributed by atoms with Gasteiger partial charge in [-0.05, 0) is 147 Å². The minimum absolute atomic E-state index is 0.00228. The third-order valence-electron chi connectivity index (χ3n) is 21.2. The number of fused-ring (bicyclic) bond motifs is 2. The summed E-state index contributed by atoms with van der Waals surface area (Å²) in [6, 6.07) is 26.2. The summed E-state index contributed by atoms with van der Waals surface area (Å²) in [5, 5.41) is 33.8. The van der Waals surface area contributed by atoms with E-state index in [4.69, 9.17) is 30.8 Å². The van der Waals surface area contributed by atoms with Gasteiger partial charge in [0.15, 0.2) is 0 Å². The summed E-state index contributed by atoms with van der Waals surface area (Å²) in [7, 11) is -2.92. The fourth-order valence-corrected chi connectivity index (χ4v) is 16.8. The van der Waals surface area contributed by atoms with E-state index >= 15 is 0 Å². The van der Waals surface area contributed by atoms with Crippen molar-refractivity contribution in [2.45, 2.75) is 128 Å². The Balaban J connectivity index is 0.600. The molecule has 0 radical (unpaired) electrons. The minimum atomic E-state index is -4.70. The average molecular weight is 1540 g/mol. The molecule has 12 rings (SSSR count). The van der Waals surface area contributed by atoms with Crippen molar-refractivity contribution >= 4 is 108 Å². The number of piperazine rings is 2. The zero-order valence-electron chi connectivity index (χ0n) is 62.2. The topological polar surface area (TPSA) is 320 Å². The number of nitro groups is 1. The number of likely N-dealkylation sites (tertiary alicyclic amines) is 1. The number of β-amino-alcohol motifs (C(OH)–C–C–N with tert-alkyl or cyclic N) is 1. The highest BCUT2D eigenvalue weighted by molar-refractivity contribution is 7.90. The highest BCUT2D eigenvalue weighted by atomic mass is 35.5.